The van der Waals surface area contributed by atoms with Gasteiger partial charge in [0.25, 0.3) is 0 Å². The number of hydroxylamine groups is 1. The number of rotatable bonds is 7. The first-order valence-corrected chi connectivity index (χ1v) is 9.03. The quantitative estimate of drug-likeness (QED) is 0.343. The Morgan fingerprint density at radius 2 is 1.80 bits per heavy atom. The topological polar surface area (TPSA) is 41.1 Å². The first-order valence-electron chi connectivity index (χ1n) is 8.15. The Balaban J connectivity index is 1.72. The van der Waals surface area contributed by atoms with E-state index in [1.54, 1.807) is 11.3 Å². The number of nitrogens with zero attached hydrogens (tertiary/aromatic N) is 4. The van der Waals surface area contributed by atoms with Crippen LogP contribution in [0.4, 0.5) is 16.5 Å². The third-order valence-corrected chi connectivity index (χ3v) is 4.44. The molecule has 3 rings (SSSR count). The van der Waals surface area contributed by atoms with Gasteiger partial charge in [-0.2, -0.15) is 0 Å². The van der Waals surface area contributed by atoms with Crippen LogP contribution in [0.15, 0.2) is 76.4 Å². The fourth-order valence-electron chi connectivity index (χ4n) is 2.33. The van der Waals surface area contributed by atoms with Crippen molar-refractivity contribution in [3.8, 4) is 0 Å². The zero-order chi connectivity index (χ0) is 17.5. The van der Waals surface area contributed by atoms with Gasteiger partial charge in [-0.1, -0.05) is 30.3 Å². The van der Waals surface area contributed by atoms with E-state index in [2.05, 4.69) is 22.4 Å². The number of benzene rings is 2. The minimum Gasteiger partial charge on any atom is -0.273 e. The number of thiazole rings is 1. The Hall–Kier alpha value is -2.57. The maximum absolute atomic E-state index is 5.78. The van der Waals surface area contributed by atoms with Crippen LogP contribution in [0.3, 0.4) is 0 Å². The number of anilines is 1. The standard InChI is InChI=1S/C19H21N4OS/c1-3-24-23(15-16-7-5-4-6-8-16)18-11-9-17(10-12-18)20-21-19-22(2)13-14-25-19/h4-14H,3,15H2,1-2H3/q+1. The van der Waals surface area contributed by atoms with Crippen molar-refractivity contribution in [3.05, 3.63) is 71.7 Å². The fraction of sp³-hybridized carbons (Fsp3) is 0.211. The number of hydrogen-bond acceptors (Lipinski definition) is 5. The Bertz CT molecular complexity index is 815. The molecule has 0 aliphatic heterocycles. The molecule has 0 fully saturated rings. The monoisotopic (exact) mass is 353 g/mol. The van der Waals surface area contributed by atoms with E-state index in [0.717, 1.165) is 16.5 Å². The Labute approximate surface area is 151 Å². The molecule has 0 amide bonds. The first-order chi connectivity index (χ1) is 12.3. The largest absolute Gasteiger partial charge is 0.408 e. The molecule has 0 aliphatic carbocycles. The average Bonchev–Trinajstić information content (AvgIpc) is 3.06. The number of aromatic nitrogens is 1. The molecule has 0 saturated carbocycles. The molecular formula is C19H21N4OS+. The van der Waals surface area contributed by atoms with Gasteiger partial charge in [0, 0.05) is 5.38 Å². The molecule has 1 heterocycles. The molecule has 0 spiro atoms. The lowest BCUT2D eigenvalue weighted by Crippen LogP contribution is -2.23. The van der Waals surface area contributed by atoms with Crippen molar-refractivity contribution in [1.82, 2.24) is 0 Å². The highest BCUT2D eigenvalue weighted by Crippen LogP contribution is 2.24. The summed E-state index contributed by atoms with van der Waals surface area (Å²) >= 11 is 1.56. The number of aryl methyl sites for hydroxylation is 1. The molecule has 0 saturated heterocycles. The van der Waals surface area contributed by atoms with Crippen LogP contribution < -0.4 is 9.63 Å². The zero-order valence-corrected chi connectivity index (χ0v) is 15.2. The molecule has 25 heavy (non-hydrogen) atoms. The van der Waals surface area contributed by atoms with Crippen LogP contribution in [0.2, 0.25) is 0 Å². The number of hydrogen-bond donors (Lipinski definition) is 0. The van der Waals surface area contributed by atoms with Crippen molar-refractivity contribution in [2.45, 2.75) is 13.5 Å². The summed E-state index contributed by atoms with van der Waals surface area (Å²) in [5.41, 5.74) is 3.00. The third kappa shape index (κ3) is 4.71. The maximum atomic E-state index is 5.78. The second-order valence-corrected chi connectivity index (χ2v) is 6.33. The molecule has 3 aromatic rings. The molecular weight excluding hydrogens is 332 g/mol. The molecule has 0 unspecified atom stereocenters. The highest BCUT2D eigenvalue weighted by Gasteiger charge is 2.09. The molecule has 5 nitrogen and oxygen atoms in total. The van der Waals surface area contributed by atoms with Crippen molar-refractivity contribution < 1.29 is 9.40 Å². The minimum atomic E-state index is 0.614. The van der Waals surface area contributed by atoms with Crippen LogP contribution in [-0.2, 0) is 18.4 Å². The van der Waals surface area contributed by atoms with E-state index in [0.29, 0.717) is 13.2 Å². The summed E-state index contributed by atoms with van der Waals surface area (Å²) in [4.78, 5) is 5.78. The van der Waals surface area contributed by atoms with Gasteiger partial charge in [-0.3, -0.25) is 4.84 Å². The summed E-state index contributed by atoms with van der Waals surface area (Å²) in [6.45, 7) is 3.30. The molecule has 0 atom stereocenters. The summed E-state index contributed by atoms with van der Waals surface area (Å²) in [5, 5.41) is 13.3. The van der Waals surface area contributed by atoms with Crippen LogP contribution in [0.5, 0.6) is 0 Å². The van der Waals surface area contributed by atoms with Crippen LogP contribution >= 0.6 is 11.3 Å². The molecule has 0 radical (unpaired) electrons. The van der Waals surface area contributed by atoms with Gasteiger partial charge in [0.1, 0.15) is 11.9 Å². The summed E-state index contributed by atoms with van der Waals surface area (Å²) < 4.78 is 1.94. The molecule has 0 N–H and O–H groups in total. The molecule has 1 aromatic heterocycles. The van der Waals surface area contributed by atoms with Crippen molar-refractivity contribution in [1.29, 1.82) is 0 Å². The SMILES string of the molecule is CCON(Cc1ccccc1)c1ccc(N=Nc2scc[n+]2C)cc1. The highest BCUT2D eigenvalue weighted by molar-refractivity contribution is 7.12. The van der Waals surface area contributed by atoms with Crippen LogP contribution in [-0.4, -0.2) is 6.61 Å². The van der Waals surface area contributed by atoms with Crippen molar-refractivity contribution >= 4 is 27.8 Å². The van der Waals surface area contributed by atoms with Crippen LogP contribution in [0.25, 0.3) is 0 Å². The second-order valence-electron chi connectivity index (χ2n) is 5.45. The molecule has 2 aromatic carbocycles. The van der Waals surface area contributed by atoms with Gasteiger partial charge in [-0.25, -0.2) is 9.63 Å². The Kier molecular flexibility index (Phi) is 5.87. The maximum Gasteiger partial charge on any atom is 0.408 e. The van der Waals surface area contributed by atoms with Gasteiger partial charge < -0.3 is 0 Å². The second kappa shape index (κ2) is 8.50. The van der Waals surface area contributed by atoms with E-state index in [9.17, 15) is 0 Å². The van der Waals surface area contributed by atoms with Crippen molar-refractivity contribution in [2.75, 3.05) is 11.7 Å². The summed E-state index contributed by atoms with van der Waals surface area (Å²) in [7, 11) is 1.96. The first kappa shape index (κ1) is 17.3. The third-order valence-electron chi connectivity index (χ3n) is 3.60. The van der Waals surface area contributed by atoms with E-state index >= 15 is 0 Å². The molecule has 0 aliphatic rings. The lowest BCUT2D eigenvalue weighted by Gasteiger charge is -2.23. The average molecular weight is 353 g/mol. The summed E-state index contributed by atoms with van der Waals surface area (Å²) in [6.07, 6.45) is 1.96. The van der Waals surface area contributed by atoms with Crippen LogP contribution in [0.1, 0.15) is 12.5 Å². The van der Waals surface area contributed by atoms with Crippen molar-refractivity contribution in [3.63, 3.8) is 0 Å². The van der Waals surface area contributed by atoms with Crippen LogP contribution in [0, 0.1) is 0 Å². The fourth-order valence-corrected chi connectivity index (χ4v) is 3.01. The van der Waals surface area contributed by atoms with Gasteiger partial charge in [0.05, 0.1) is 31.0 Å². The van der Waals surface area contributed by atoms with Gasteiger partial charge in [-0.05, 0) is 53.2 Å². The van der Waals surface area contributed by atoms with Crippen molar-refractivity contribution in [2.24, 2.45) is 17.3 Å². The van der Waals surface area contributed by atoms with E-state index in [1.807, 2.05) is 77.6 Å². The predicted octanol–water partition coefficient (Wildman–Crippen LogP) is 4.95. The van der Waals surface area contributed by atoms with E-state index < -0.39 is 0 Å². The minimum absolute atomic E-state index is 0.614. The molecule has 0 bridgehead atoms. The normalized spacial score (nSPS) is 11.1. The lowest BCUT2D eigenvalue weighted by molar-refractivity contribution is -0.654. The Morgan fingerprint density at radius 1 is 1.04 bits per heavy atom. The van der Waals surface area contributed by atoms with Gasteiger partial charge >= 0.3 is 5.13 Å². The Morgan fingerprint density at radius 3 is 2.44 bits per heavy atom. The molecule has 128 valence electrons. The summed E-state index contributed by atoms with van der Waals surface area (Å²) in [6, 6.07) is 18.2. The predicted molar refractivity (Wildman–Crippen MR) is 100 cm³/mol. The van der Waals surface area contributed by atoms with E-state index in [1.165, 1.54) is 5.56 Å². The highest BCUT2D eigenvalue weighted by atomic mass is 32.1. The lowest BCUT2D eigenvalue weighted by atomic mass is 10.2. The van der Waals surface area contributed by atoms with E-state index in [-0.39, 0.29) is 0 Å². The van der Waals surface area contributed by atoms with Gasteiger partial charge in [0.15, 0.2) is 0 Å². The van der Waals surface area contributed by atoms with Gasteiger partial charge in [-0.15, -0.1) is 0 Å². The molecule has 6 heteroatoms. The summed E-state index contributed by atoms with van der Waals surface area (Å²) in [5.74, 6) is 0. The zero-order valence-electron chi connectivity index (χ0n) is 14.4. The number of azo groups is 1. The van der Waals surface area contributed by atoms with Gasteiger partial charge in [0.2, 0.25) is 0 Å². The smallest absolute Gasteiger partial charge is 0.273 e. The van der Waals surface area contributed by atoms with E-state index in [4.69, 9.17) is 4.84 Å².